The van der Waals surface area contributed by atoms with Gasteiger partial charge in [0.15, 0.2) is 0 Å². The number of nitrogens with one attached hydrogen (secondary N) is 1. The summed E-state index contributed by atoms with van der Waals surface area (Å²) in [6.07, 6.45) is 0. The van der Waals surface area contributed by atoms with Crippen LogP contribution in [0.1, 0.15) is 20.8 Å². The van der Waals surface area contributed by atoms with Crippen LogP contribution < -0.4 is 5.32 Å². The molecule has 2 rings (SSSR count). The lowest BCUT2D eigenvalue weighted by Crippen LogP contribution is -2.57. The van der Waals surface area contributed by atoms with Gasteiger partial charge >= 0.3 is 0 Å². The monoisotopic (exact) mass is 257 g/mol. The van der Waals surface area contributed by atoms with E-state index in [1.807, 2.05) is 16.7 Å². The summed E-state index contributed by atoms with van der Waals surface area (Å²) in [7, 11) is 0. The van der Waals surface area contributed by atoms with Gasteiger partial charge in [-0.3, -0.25) is 15.0 Å². The molecule has 5 heteroatoms. The Hall–Kier alpha value is -0.260. The first kappa shape index (κ1) is 13.2. The minimum absolute atomic E-state index is 0.0567. The molecule has 0 radical (unpaired) electrons. The Balaban J connectivity index is 1.84. The van der Waals surface area contributed by atoms with E-state index >= 15 is 0 Å². The summed E-state index contributed by atoms with van der Waals surface area (Å²) in [5.41, 5.74) is 0.219. The van der Waals surface area contributed by atoms with E-state index in [0.717, 1.165) is 37.8 Å². The largest absolute Gasteiger partial charge is 0.339 e. The van der Waals surface area contributed by atoms with Crippen LogP contribution in [0.5, 0.6) is 0 Å². The molecular weight excluding hydrogens is 234 g/mol. The fourth-order valence-electron chi connectivity index (χ4n) is 2.37. The third kappa shape index (κ3) is 3.14. The van der Waals surface area contributed by atoms with Gasteiger partial charge in [0.1, 0.15) is 0 Å². The summed E-state index contributed by atoms with van der Waals surface area (Å²) in [6, 6.07) is 0.0567. The molecule has 0 spiro atoms. The Labute approximate surface area is 108 Å². The number of carbonyl (C=O) groups is 1. The molecule has 1 amide bonds. The Morgan fingerprint density at radius 1 is 1.24 bits per heavy atom. The maximum Gasteiger partial charge on any atom is 0.240 e. The fraction of sp³-hybridized carbons (Fsp3) is 0.917. The van der Waals surface area contributed by atoms with E-state index in [9.17, 15) is 4.79 Å². The van der Waals surface area contributed by atoms with Gasteiger partial charge < -0.3 is 4.90 Å². The fourth-order valence-corrected chi connectivity index (χ4v) is 3.30. The number of rotatable bonds is 1. The molecule has 2 aliphatic heterocycles. The summed E-state index contributed by atoms with van der Waals surface area (Å²) in [4.78, 5) is 16.7. The lowest BCUT2D eigenvalue weighted by Gasteiger charge is -2.42. The minimum Gasteiger partial charge on any atom is -0.339 e. The van der Waals surface area contributed by atoms with Gasteiger partial charge in [-0.05, 0) is 20.8 Å². The normalized spacial score (nSPS) is 27.5. The number of hydrogen-bond acceptors (Lipinski definition) is 4. The average molecular weight is 257 g/mol. The number of amides is 1. The van der Waals surface area contributed by atoms with Crippen molar-refractivity contribution in [2.24, 2.45) is 0 Å². The first-order valence-corrected chi connectivity index (χ1v) is 7.49. The van der Waals surface area contributed by atoms with Crippen LogP contribution in [-0.4, -0.2) is 65.1 Å². The Bertz CT molecular complexity index is 276. The van der Waals surface area contributed by atoms with Crippen molar-refractivity contribution >= 4 is 17.7 Å². The summed E-state index contributed by atoms with van der Waals surface area (Å²) in [5.74, 6) is 2.14. The van der Waals surface area contributed by atoms with Crippen LogP contribution in [0.15, 0.2) is 0 Å². The number of carbonyl (C=O) groups excluding carboxylic acids is 1. The molecular formula is C12H23N3OS. The molecule has 0 aromatic rings. The lowest BCUT2D eigenvalue weighted by molar-refractivity contribution is -0.135. The highest BCUT2D eigenvalue weighted by atomic mass is 32.2. The van der Waals surface area contributed by atoms with Crippen molar-refractivity contribution < 1.29 is 4.79 Å². The van der Waals surface area contributed by atoms with Crippen molar-refractivity contribution in [2.75, 3.05) is 37.8 Å². The van der Waals surface area contributed by atoms with E-state index in [4.69, 9.17) is 0 Å². The van der Waals surface area contributed by atoms with Crippen LogP contribution in [0.3, 0.4) is 0 Å². The van der Waals surface area contributed by atoms with Gasteiger partial charge in [-0.15, -0.1) is 11.8 Å². The van der Waals surface area contributed by atoms with Gasteiger partial charge in [-0.25, -0.2) is 0 Å². The zero-order valence-corrected chi connectivity index (χ0v) is 11.8. The minimum atomic E-state index is 0.0567. The highest BCUT2D eigenvalue weighted by Gasteiger charge is 2.31. The number of thioether (sulfide) groups is 1. The van der Waals surface area contributed by atoms with Crippen molar-refractivity contribution in [2.45, 2.75) is 32.4 Å². The van der Waals surface area contributed by atoms with Crippen molar-refractivity contribution in [3.63, 3.8) is 0 Å². The molecule has 2 aliphatic rings. The smallest absolute Gasteiger partial charge is 0.240 e. The molecule has 0 bridgehead atoms. The van der Waals surface area contributed by atoms with Crippen LogP contribution in [0, 0.1) is 0 Å². The second-order valence-electron chi connectivity index (χ2n) is 5.75. The zero-order chi connectivity index (χ0) is 12.5. The standard InChI is InChI=1S/C12H23N3OS/c1-12(2,3)15-6-4-14(5-7-15)11(16)10-8-17-9-13-10/h10,13H,4-9H2,1-3H3. The molecule has 1 N–H and O–H groups in total. The predicted molar refractivity (Wildman–Crippen MR) is 72.2 cm³/mol. The van der Waals surface area contributed by atoms with Gasteiger partial charge in [0.05, 0.1) is 6.04 Å². The lowest BCUT2D eigenvalue weighted by atomic mass is 10.0. The van der Waals surface area contributed by atoms with Crippen LogP contribution in [0.25, 0.3) is 0 Å². The summed E-state index contributed by atoms with van der Waals surface area (Å²) >= 11 is 1.81. The van der Waals surface area contributed by atoms with Gasteiger partial charge in [0.2, 0.25) is 5.91 Å². The van der Waals surface area contributed by atoms with E-state index in [0.29, 0.717) is 5.91 Å². The molecule has 98 valence electrons. The highest BCUT2D eigenvalue weighted by molar-refractivity contribution is 7.99. The molecule has 17 heavy (non-hydrogen) atoms. The van der Waals surface area contributed by atoms with Crippen LogP contribution in [0.4, 0.5) is 0 Å². The summed E-state index contributed by atoms with van der Waals surface area (Å²) in [5, 5.41) is 3.25. The molecule has 0 aromatic carbocycles. The Morgan fingerprint density at radius 2 is 1.88 bits per heavy atom. The molecule has 1 unspecified atom stereocenters. The molecule has 2 fully saturated rings. The van der Waals surface area contributed by atoms with Gasteiger partial charge in [-0.2, -0.15) is 0 Å². The number of nitrogens with zero attached hydrogens (tertiary/aromatic N) is 2. The third-order valence-corrected chi connectivity index (χ3v) is 4.49. The van der Waals surface area contributed by atoms with E-state index in [-0.39, 0.29) is 11.6 Å². The van der Waals surface area contributed by atoms with E-state index < -0.39 is 0 Å². The molecule has 0 saturated carbocycles. The van der Waals surface area contributed by atoms with Crippen LogP contribution >= 0.6 is 11.8 Å². The van der Waals surface area contributed by atoms with Crippen molar-refractivity contribution in [3.05, 3.63) is 0 Å². The van der Waals surface area contributed by atoms with Gasteiger partial charge in [0, 0.05) is 43.3 Å². The van der Waals surface area contributed by atoms with Gasteiger partial charge in [-0.1, -0.05) is 0 Å². The third-order valence-electron chi connectivity index (χ3n) is 3.55. The van der Waals surface area contributed by atoms with E-state index in [1.165, 1.54) is 0 Å². The molecule has 4 nitrogen and oxygen atoms in total. The molecule has 0 aliphatic carbocycles. The Morgan fingerprint density at radius 3 is 2.35 bits per heavy atom. The average Bonchev–Trinajstić information content (AvgIpc) is 2.80. The second kappa shape index (κ2) is 5.16. The van der Waals surface area contributed by atoms with Gasteiger partial charge in [0.25, 0.3) is 0 Å². The Kier molecular flexibility index (Phi) is 4.00. The molecule has 2 heterocycles. The summed E-state index contributed by atoms with van der Waals surface area (Å²) < 4.78 is 0. The maximum absolute atomic E-state index is 12.2. The predicted octanol–water partition coefficient (Wildman–Crippen LogP) is 0.592. The topological polar surface area (TPSA) is 35.6 Å². The van der Waals surface area contributed by atoms with E-state index in [1.54, 1.807) is 0 Å². The van der Waals surface area contributed by atoms with Crippen molar-refractivity contribution in [1.29, 1.82) is 0 Å². The zero-order valence-electron chi connectivity index (χ0n) is 11.0. The molecule has 0 aromatic heterocycles. The van der Waals surface area contributed by atoms with E-state index in [2.05, 4.69) is 31.0 Å². The highest BCUT2D eigenvalue weighted by Crippen LogP contribution is 2.17. The molecule has 2 saturated heterocycles. The van der Waals surface area contributed by atoms with Crippen molar-refractivity contribution in [3.8, 4) is 0 Å². The first-order chi connectivity index (χ1) is 7.98. The number of piperazine rings is 1. The van der Waals surface area contributed by atoms with Crippen LogP contribution in [0.2, 0.25) is 0 Å². The second-order valence-corrected chi connectivity index (χ2v) is 6.79. The van der Waals surface area contributed by atoms with Crippen LogP contribution in [-0.2, 0) is 4.79 Å². The quantitative estimate of drug-likeness (QED) is 0.746. The SMILES string of the molecule is CC(C)(C)N1CCN(C(=O)C2CSCN2)CC1. The maximum atomic E-state index is 12.2. The van der Waals surface area contributed by atoms with Crippen molar-refractivity contribution in [1.82, 2.24) is 15.1 Å². The number of hydrogen-bond donors (Lipinski definition) is 1. The molecule has 1 atom stereocenters. The first-order valence-electron chi connectivity index (χ1n) is 6.33. The summed E-state index contributed by atoms with van der Waals surface area (Å²) in [6.45, 7) is 10.4.